The number of aromatic nitrogens is 3. The highest BCUT2D eigenvalue weighted by Crippen LogP contribution is 2.10. The van der Waals surface area contributed by atoms with E-state index in [9.17, 15) is 4.79 Å². The van der Waals surface area contributed by atoms with Crippen molar-refractivity contribution in [1.82, 2.24) is 25.2 Å². The topological polar surface area (TPSA) is 80.5 Å². The fraction of sp³-hybridized carbons (Fsp3) is 0.500. The van der Waals surface area contributed by atoms with E-state index < -0.39 is 0 Å². The highest BCUT2D eigenvalue weighted by molar-refractivity contribution is 5.95. The molecule has 0 bridgehead atoms. The number of aryl methyl sites for hydroxylation is 2. The summed E-state index contributed by atoms with van der Waals surface area (Å²) in [5.74, 6) is -0.136. The molecule has 0 atom stereocenters. The Morgan fingerprint density at radius 2 is 2.14 bits per heavy atom. The molecule has 0 aliphatic rings. The average molecular weight is 291 g/mol. The maximum absolute atomic E-state index is 12.2. The monoisotopic (exact) mass is 291 g/mol. The van der Waals surface area contributed by atoms with Crippen LogP contribution in [0.15, 0.2) is 12.3 Å². The van der Waals surface area contributed by atoms with Crippen LogP contribution in [0.4, 0.5) is 0 Å². The Morgan fingerprint density at radius 3 is 2.90 bits per heavy atom. The lowest BCUT2D eigenvalue weighted by atomic mass is 10.2. The van der Waals surface area contributed by atoms with Crippen molar-refractivity contribution in [3.63, 3.8) is 0 Å². The third-order valence-corrected chi connectivity index (χ3v) is 3.16. The molecular formula is C14H21N5O2. The first-order chi connectivity index (χ1) is 10.1. The summed E-state index contributed by atoms with van der Waals surface area (Å²) >= 11 is 0. The lowest BCUT2D eigenvalue weighted by Crippen LogP contribution is -2.33. The Balaban J connectivity index is 1.95. The van der Waals surface area contributed by atoms with Crippen LogP contribution in [-0.2, 0) is 4.74 Å². The van der Waals surface area contributed by atoms with E-state index >= 15 is 0 Å². The molecule has 1 amide bonds. The van der Waals surface area contributed by atoms with Gasteiger partial charge in [0.2, 0.25) is 0 Å². The minimum Gasteiger partial charge on any atom is -0.383 e. The van der Waals surface area contributed by atoms with Crippen LogP contribution < -0.4 is 10.6 Å². The van der Waals surface area contributed by atoms with Gasteiger partial charge in [-0.1, -0.05) is 0 Å². The second kappa shape index (κ2) is 7.14. The molecule has 0 unspecified atom stereocenters. The quantitative estimate of drug-likeness (QED) is 0.718. The molecule has 0 aliphatic carbocycles. The van der Waals surface area contributed by atoms with Crippen molar-refractivity contribution < 1.29 is 9.53 Å². The van der Waals surface area contributed by atoms with Gasteiger partial charge < -0.3 is 15.4 Å². The van der Waals surface area contributed by atoms with Crippen molar-refractivity contribution in [2.75, 3.05) is 33.4 Å². The van der Waals surface area contributed by atoms with Gasteiger partial charge in [-0.05, 0) is 13.8 Å². The Morgan fingerprint density at radius 1 is 1.33 bits per heavy atom. The summed E-state index contributed by atoms with van der Waals surface area (Å²) < 4.78 is 6.63. The molecule has 2 rings (SSSR count). The smallest absolute Gasteiger partial charge is 0.254 e. The maximum Gasteiger partial charge on any atom is 0.254 e. The zero-order chi connectivity index (χ0) is 15.2. The summed E-state index contributed by atoms with van der Waals surface area (Å²) in [7, 11) is 1.66. The third-order valence-electron chi connectivity index (χ3n) is 3.16. The molecular weight excluding hydrogens is 270 g/mol. The van der Waals surface area contributed by atoms with E-state index in [1.807, 2.05) is 19.9 Å². The molecule has 7 heteroatoms. The van der Waals surface area contributed by atoms with Crippen LogP contribution >= 0.6 is 0 Å². The first-order valence-corrected chi connectivity index (χ1v) is 6.93. The van der Waals surface area contributed by atoms with Gasteiger partial charge in [0.1, 0.15) is 0 Å². The summed E-state index contributed by atoms with van der Waals surface area (Å²) in [6.07, 6.45) is 1.60. The Hall–Kier alpha value is -1.99. The number of nitrogens with one attached hydrogen (secondary N) is 2. The van der Waals surface area contributed by atoms with Crippen LogP contribution in [0.5, 0.6) is 0 Å². The minimum atomic E-state index is -0.136. The van der Waals surface area contributed by atoms with Gasteiger partial charge in [-0.15, -0.1) is 0 Å². The van der Waals surface area contributed by atoms with Crippen LogP contribution in [-0.4, -0.2) is 53.9 Å². The SMILES string of the molecule is COCCNCCNC(=O)c1cnc2cc(C)nn2c1C. The van der Waals surface area contributed by atoms with Crippen LogP contribution in [0.3, 0.4) is 0 Å². The van der Waals surface area contributed by atoms with Gasteiger partial charge in [-0.3, -0.25) is 4.79 Å². The molecule has 2 aromatic heterocycles. The Bertz CT molecular complexity index is 623. The highest BCUT2D eigenvalue weighted by Gasteiger charge is 2.13. The molecule has 7 nitrogen and oxygen atoms in total. The summed E-state index contributed by atoms with van der Waals surface area (Å²) in [6.45, 7) is 6.45. The molecule has 114 valence electrons. The zero-order valence-electron chi connectivity index (χ0n) is 12.6. The Kier molecular flexibility index (Phi) is 5.24. The maximum atomic E-state index is 12.2. The lowest BCUT2D eigenvalue weighted by molar-refractivity contribution is 0.0952. The van der Waals surface area contributed by atoms with Gasteiger partial charge in [0.15, 0.2) is 5.65 Å². The van der Waals surface area contributed by atoms with Crippen molar-refractivity contribution in [1.29, 1.82) is 0 Å². The van der Waals surface area contributed by atoms with Crippen LogP contribution in [0.1, 0.15) is 21.7 Å². The molecule has 2 N–H and O–H groups in total. The van der Waals surface area contributed by atoms with E-state index in [-0.39, 0.29) is 5.91 Å². The van der Waals surface area contributed by atoms with E-state index in [4.69, 9.17) is 4.74 Å². The molecule has 0 spiro atoms. The largest absolute Gasteiger partial charge is 0.383 e. The number of nitrogens with zero attached hydrogens (tertiary/aromatic N) is 3. The average Bonchev–Trinajstić information content (AvgIpc) is 2.84. The minimum absolute atomic E-state index is 0.136. The molecule has 0 fully saturated rings. The molecule has 2 heterocycles. The van der Waals surface area contributed by atoms with Crippen molar-refractivity contribution in [2.24, 2.45) is 0 Å². The highest BCUT2D eigenvalue weighted by atomic mass is 16.5. The van der Waals surface area contributed by atoms with Gasteiger partial charge in [0.25, 0.3) is 5.91 Å². The van der Waals surface area contributed by atoms with E-state index in [1.165, 1.54) is 0 Å². The van der Waals surface area contributed by atoms with Crippen molar-refractivity contribution in [3.8, 4) is 0 Å². The number of fused-ring (bicyclic) bond motifs is 1. The van der Waals surface area contributed by atoms with Gasteiger partial charge in [-0.25, -0.2) is 9.50 Å². The molecule has 0 saturated carbocycles. The second-order valence-corrected chi connectivity index (χ2v) is 4.81. The number of hydrogen-bond acceptors (Lipinski definition) is 5. The third kappa shape index (κ3) is 3.77. The van der Waals surface area contributed by atoms with E-state index in [1.54, 1.807) is 17.8 Å². The first-order valence-electron chi connectivity index (χ1n) is 6.93. The van der Waals surface area contributed by atoms with Gasteiger partial charge in [0, 0.05) is 39.0 Å². The van der Waals surface area contributed by atoms with Crippen molar-refractivity contribution >= 4 is 11.6 Å². The summed E-state index contributed by atoms with van der Waals surface area (Å²) in [4.78, 5) is 16.4. The fourth-order valence-electron chi connectivity index (χ4n) is 2.04. The van der Waals surface area contributed by atoms with Crippen LogP contribution in [0.25, 0.3) is 5.65 Å². The van der Waals surface area contributed by atoms with Gasteiger partial charge in [-0.2, -0.15) is 5.10 Å². The van der Waals surface area contributed by atoms with E-state index in [2.05, 4.69) is 20.7 Å². The molecule has 0 radical (unpaired) electrons. The summed E-state index contributed by atoms with van der Waals surface area (Å²) in [5.41, 5.74) is 2.97. The molecule has 0 aliphatic heterocycles. The van der Waals surface area contributed by atoms with Crippen molar-refractivity contribution in [2.45, 2.75) is 13.8 Å². The molecule has 0 saturated heterocycles. The Labute approximate surface area is 123 Å². The summed E-state index contributed by atoms with van der Waals surface area (Å²) in [6, 6.07) is 1.88. The standard InChI is InChI=1S/C14H21N5O2/c1-10-8-13-17-9-12(11(2)19(13)18-10)14(20)16-5-4-15-6-7-21-3/h8-9,15H,4-7H2,1-3H3,(H,16,20). The number of amides is 1. The number of methoxy groups -OCH3 is 1. The first kappa shape index (κ1) is 15.4. The normalized spacial score (nSPS) is 11.0. The van der Waals surface area contributed by atoms with E-state index in [0.29, 0.717) is 25.3 Å². The molecule has 21 heavy (non-hydrogen) atoms. The number of ether oxygens (including phenoxy) is 1. The lowest BCUT2D eigenvalue weighted by Gasteiger charge is -2.09. The molecule has 0 aromatic carbocycles. The zero-order valence-corrected chi connectivity index (χ0v) is 12.6. The number of hydrogen-bond donors (Lipinski definition) is 2. The number of carbonyl (C=O) groups excluding carboxylic acids is 1. The van der Waals surface area contributed by atoms with Crippen molar-refractivity contribution in [3.05, 3.63) is 29.2 Å². The second-order valence-electron chi connectivity index (χ2n) is 4.81. The van der Waals surface area contributed by atoms with Gasteiger partial charge >= 0.3 is 0 Å². The van der Waals surface area contributed by atoms with E-state index in [0.717, 1.165) is 23.6 Å². The van der Waals surface area contributed by atoms with Crippen LogP contribution in [0.2, 0.25) is 0 Å². The fourth-order valence-corrected chi connectivity index (χ4v) is 2.04. The number of carbonyl (C=O) groups is 1. The number of rotatable bonds is 7. The predicted octanol–water partition coefficient (Wildman–Crippen LogP) is 0.312. The van der Waals surface area contributed by atoms with Crippen LogP contribution in [0, 0.1) is 13.8 Å². The summed E-state index contributed by atoms with van der Waals surface area (Å²) in [5, 5.41) is 10.4. The molecule has 2 aromatic rings. The predicted molar refractivity (Wildman–Crippen MR) is 79.5 cm³/mol. The van der Waals surface area contributed by atoms with Gasteiger partial charge in [0.05, 0.1) is 23.6 Å².